The Balaban J connectivity index is 1.70. The maximum atomic E-state index is 13.7. The maximum Gasteiger partial charge on any atom is 0.453 e. The number of rotatable bonds is 6. The molecule has 0 aliphatic carbocycles. The van der Waals surface area contributed by atoms with Crippen LogP contribution in [-0.2, 0) is 12.8 Å². The van der Waals surface area contributed by atoms with Crippen LogP contribution >= 0.6 is 15.9 Å². The molecule has 9 heteroatoms. The standard InChI is InChI=1S/C24H16BrF3O5/c1-30-15-8-6-14(7-9-15)13-31-16-10-11-17-20(12-16)33-23(24(26,27)28)22(21(17)29)32-19-5-3-2-4-18(19)25/h2-12H,13H2,1H3. The lowest BCUT2D eigenvalue weighted by Crippen LogP contribution is -2.15. The number of para-hydroxylation sites is 1. The van der Waals surface area contributed by atoms with Crippen LogP contribution in [0.2, 0.25) is 0 Å². The molecule has 170 valence electrons. The van der Waals surface area contributed by atoms with Gasteiger partial charge in [0.05, 0.1) is 17.0 Å². The summed E-state index contributed by atoms with van der Waals surface area (Å²) >= 11 is 3.19. The number of hydrogen-bond acceptors (Lipinski definition) is 5. The number of ether oxygens (including phenoxy) is 3. The van der Waals surface area contributed by atoms with E-state index in [4.69, 9.17) is 18.6 Å². The van der Waals surface area contributed by atoms with Crippen LogP contribution in [0.5, 0.6) is 23.0 Å². The molecule has 1 heterocycles. The van der Waals surface area contributed by atoms with Gasteiger partial charge in [-0.2, -0.15) is 13.2 Å². The second-order valence-electron chi connectivity index (χ2n) is 6.91. The molecule has 3 aromatic carbocycles. The highest BCUT2D eigenvalue weighted by atomic mass is 79.9. The van der Waals surface area contributed by atoms with Crippen LogP contribution < -0.4 is 19.6 Å². The largest absolute Gasteiger partial charge is 0.497 e. The molecule has 0 saturated carbocycles. The van der Waals surface area contributed by atoms with Crippen LogP contribution in [0.3, 0.4) is 0 Å². The zero-order valence-electron chi connectivity index (χ0n) is 17.1. The third kappa shape index (κ3) is 4.98. The van der Waals surface area contributed by atoms with Crippen molar-refractivity contribution < 1.29 is 31.8 Å². The van der Waals surface area contributed by atoms with Gasteiger partial charge in [-0.05, 0) is 57.9 Å². The minimum atomic E-state index is -4.95. The number of hydrogen-bond donors (Lipinski definition) is 0. The molecular formula is C24H16BrF3O5. The van der Waals surface area contributed by atoms with E-state index in [-0.39, 0.29) is 29.1 Å². The van der Waals surface area contributed by atoms with Crippen molar-refractivity contribution >= 4 is 26.9 Å². The van der Waals surface area contributed by atoms with Gasteiger partial charge in [-0.15, -0.1) is 0 Å². The molecule has 4 aromatic rings. The minimum Gasteiger partial charge on any atom is -0.497 e. The summed E-state index contributed by atoms with van der Waals surface area (Å²) in [6.07, 6.45) is -4.95. The van der Waals surface area contributed by atoms with Crippen molar-refractivity contribution in [2.45, 2.75) is 12.8 Å². The lowest BCUT2D eigenvalue weighted by Gasteiger charge is -2.14. The third-order valence-corrected chi connectivity index (χ3v) is 5.35. The molecule has 0 saturated heterocycles. The van der Waals surface area contributed by atoms with E-state index in [0.29, 0.717) is 10.2 Å². The van der Waals surface area contributed by atoms with Gasteiger partial charge in [-0.1, -0.05) is 24.3 Å². The third-order valence-electron chi connectivity index (χ3n) is 4.69. The van der Waals surface area contributed by atoms with E-state index in [1.807, 2.05) is 0 Å². The summed E-state index contributed by atoms with van der Waals surface area (Å²) in [5, 5.41) is -0.0677. The number of halogens is 4. The number of benzene rings is 3. The van der Waals surface area contributed by atoms with Gasteiger partial charge in [0, 0.05) is 6.07 Å². The molecule has 0 atom stereocenters. The molecule has 0 amide bonds. The van der Waals surface area contributed by atoms with E-state index < -0.39 is 23.1 Å². The quantitative estimate of drug-likeness (QED) is 0.275. The molecular weight excluding hydrogens is 505 g/mol. The van der Waals surface area contributed by atoms with E-state index >= 15 is 0 Å². The van der Waals surface area contributed by atoms with Gasteiger partial charge in [-0.3, -0.25) is 4.79 Å². The fourth-order valence-electron chi connectivity index (χ4n) is 3.05. The van der Waals surface area contributed by atoms with E-state index in [0.717, 1.165) is 5.56 Å². The molecule has 1 aromatic heterocycles. The van der Waals surface area contributed by atoms with Crippen molar-refractivity contribution in [3.63, 3.8) is 0 Å². The van der Waals surface area contributed by atoms with E-state index in [1.54, 1.807) is 49.6 Å². The average molecular weight is 521 g/mol. The fraction of sp³-hybridized carbons (Fsp3) is 0.125. The predicted molar refractivity (Wildman–Crippen MR) is 119 cm³/mol. The second kappa shape index (κ2) is 9.19. The highest BCUT2D eigenvalue weighted by Crippen LogP contribution is 2.39. The fourth-order valence-corrected chi connectivity index (χ4v) is 3.42. The van der Waals surface area contributed by atoms with Gasteiger partial charge in [0.1, 0.15) is 29.4 Å². The van der Waals surface area contributed by atoms with Crippen molar-refractivity contribution in [1.82, 2.24) is 0 Å². The Hall–Kier alpha value is -3.46. The van der Waals surface area contributed by atoms with Crippen molar-refractivity contribution in [2.75, 3.05) is 7.11 Å². The SMILES string of the molecule is COc1ccc(COc2ccc3c(=O)c(Oc4ccccc4Br)c(C(F)(F)F)oc3c2)cc1. The first-order valence-corrected chi connectivity index (χ1v) is 10.4. The molecule has 0 fully saturated rings. The lowest BCUT2D eigenvalue weighted by molar-refractivity contribution is -0.154. The minimum absolute atomic E-state index is 0.0501. The highest BCUT2D eigenvalue weighted by molar-refractivity contribution is 9.10. The number of methoxy groups -OCH3 is 1. The summed E-state index contributed by atoms with van der Waals surface area (Å²) < 4.78 is 62.8. The summed E-state index contributed by atoms with van der Waals surface area (Å²) in [6.45, 7) is 0.162. The van der Waals surface area contributed by atoms with Gasteiger partial charge in [0.15, 0.2) is 0 Å². The van der Waals surface area contributed by atoms with Crippen LogP contribution in [0, 0.1) is 0 Å². The van der Waals surface area contributed by atoms with Crippen LogP contribution in [0.4, 0.5) is 13.2 Å². The highest BCUT2D eigenvalue weighted by Gasteiger charge is 2.40. The van der Waals surface area contributed by atoms with Crippen LogP contribution in [-0.4, -0.2) is 7.11 Å². The Kier molecular flexibility index (Phi) is 6.33. The van der Waals surface area contributed by atoms with E-state index in [9.17, 15) is 18.0 Å². The Bertz CT molecular complexity index is 1350. The van der Waals surface area contributed by atoms with Gasteiger partial charge in [-0.25, -0.2) is 0 Å². The van der Waals surface area contributed by atoms with Gasteiger partial charge in [0.2, 0.25) is 11.2 Å². The Labute approximate surface area is 194 Å². The molecule has 0 N–H and O–H groups in total. The van der Waals surface area contributed by atoms with Crippen molar-refractivity contribution in [1.29, 1.82) is 0 Å². The maximum absolute atomic E-state index is 13.7. The summed E-state index contributed by atoms with van der Waals surface area (Å²) in [7, 11) is 1.55. The molecule has 33 heavy (non-hydrogen) atoms. The van der Waals surface area contributed by atoms with Crippen LogP contribution in [0.15, 0.2) is 80.4 Å². The first-order valence-electron chi connectivity index (χ1n) is 9.62. The van der Waals surface area contributed by atoms with Crippen LogP contribution in [0.1, 0.15) is 11.3 Å². The Morgan fingerprint density at radius 2 is 1.67 bits per heavy atom. The number of fused-ring (bicyclic) bond motifs is 1. The molecule has 0 radical (unpaired) electrons. The van der Waals surface area contributed by atoms with Gasteiger partial charge in [0.25, 0.3) is 5.76 Å². The summed E-state index contributed by atoms with van der Waals surface area (Å²) in [4.78, 5) is 12.9. The monoisotopic (exact) mass is 520 g/mol. The second-order valence-corrected chi connectivity index (χ2v) is 7.77. The van der Waals surface area contributed by atoms with Crippen LogP contribution in [0.25, 0.3) is 11.0 Å². The Morgan fingerprint density at radius 3 is 2.33 bits per heavy atom. The molecule has 0 spiro atoms. The summed E-state index contributed by atoms with van der Waals surface area (Å²) in [5.41, 5.74) is -0.384. The zero-order valence-corrected chi connectivity index (χ0v) is 18.7. The summed E-state index contributed by atoms with van der Waals surface area (Å²) in [6, 6.07) is 17.5. The van der Waals surface area contributed by atoms with Crippen molar-refractivity contribution in [3.8, 4) is 23.0 Å². The molecule has 0 aliphatic rings. The van der Waals surface area contributed by atoms with E-state index in [2.05, 4.69) is 15.9 Å². The first-order chi connectivity index (χ1) is 15.8. The zero-order chi connectivity index (χ0) is 23.6. The summed E-state index contributed by atoms with van der Waals surface area (Å²) in [5.74, 6) is -1.48. The average Bonchev–Trinajstić information content (AvgIpc) is 2.80. The van der Waals surface area contributed by atoms with Gasteiger partial charge >= 0.3 is 6.18 Å². The van der Waals surface area contributed by atoms with E-state index in [1.165, 1.54) is 24.3 Å². The topological polar surface area (TPSA) is 57.9 Å². The molecule has 5 nitrogen and oxygen atoms in total. The predicted octanol–water partition coefficient (Wildman–Crippen LogP) is 6.95. The lowest BCUT2D eigenvalue weighted by atomic mass is 10.2. The first kappa shape index (κ1) is 22.7. The van der Waals surface area contributed by atoms with Crippen molar-refractivity contribution in [2.24, 2.45) is 0 Å². The number of alkyl halides is 3. The molecule has 0 aliphatic heterocycles. The Morgan fingerprint density at radius 1 is 0.970 bits per heavy atom. The van der Waals surface area contributed by atoms with Gasteiger partial charge < -0.3 is 18.6 Å². The van der Waals surface area contributed by atoms with Crippen molar-refractivity contribution in [3.05, 3.63) is 92.7 Å². The molecule has 4 rings (SSSR count). The molecule has 0 bridgehead atoms. The molecule has 0 unspecified atom stereocenters. The normalized spacial score (nSPS) is 11.4. The smallest absolute Gasteiger partial charge is 0.453 e.